The van der Waals surface area contributed by atoms with Gasteiger partial charge >= 0.3 is 0 Å². The third-order valence-corrected chi connectivity index (χ3v) is 5.53. The lowest BCUT2D eigenvalue weighted by molar-refractivity contribution is -0.115. The first-order chi connectivity index (χ1) is 15.5. The topological polar surface area (TPSA) is 117 Å². The summed E-state index contributed by atoms with van der Waals surface area (Å²) >= 11 is 0.893. The summed E-state index contributed by atoms with van der Waals surface area (Å²) in [5, 5.41) is 12.3. The van der Waals surface area contributed by atoms with Crippen LogP contribution in [0, 0.1) is 25.5 Å². The second kappa shape index (κ2) is 9.90. The van der Waals surface area contributed by atoms with Crippen LogP contribution in [0.25, 0.3) is 11.3 Å². The van der Waals surface area contributed by atoms with E-state index in [4.69, 9.17) is 0 Å². The van der Waals surface area contributed by atoms with E-state index >= 15 is 0 Å². The van der Waals surface area contributed by atoms with Gasteiger partial charge in [0.15, 0.2) is 10.9 Å². The first-order valence-electron chi connectivity index (χ1n) is 9.84. The Hall–Kier alpha value is -3.60. The minimum atomic E-state index is -0.806. The number of carbonyl (C=O) groups excluding carboxylic acids is 2. The van der Waals surface area contributed by atoms with Gasteiger partial charge in [-0.05, 0) is 44.5 Å². The second-order valence-corrected chi connectivity index (χ2v) is 8.70. The highest BCUT2D eigenvalue weighted by Crippen LogP contribution is 2.30. The molecule has 1 atom stereocenters. The molecule has 2 aromatic carbocycles. The number of hydrogen-bond acceptors (Lipinski definition) is 6. The summed E-state index contributed by atoms with van der Waals surface area (Å²) in [5.74, 6) is -2.38. The molecule has 2 amide bonds. The number of anilines is 2. The fourth-order valence-corrected chi connectivity index (χ4v) is 3.84. The molecule has 3 rings (SSSR count). The molecule has 8 nitrogen and oxygen atoms in total. The number of benzene rings is 2. The average Bonchev–Trinajstić information content (AvgIpc) is 2.72. The molecule has 0 saturated heterocycles. The van der Waals surface area contributed by atoms with E-state index in [2.05, 4.69) is 25.8 Å². The molecule has 3 aromatic rings. The number of aryl methyl sites for hydroxylation is 2. The first-order valence-corrected chi connectivity index (χ1v) is 10.7. The number of hydrogen-bond donors (Lipinski definition) is 3. The fraction of sp³-hybridized carbons (Fsp3) is 0.227. The highest BCUT2D eigenvalue weighted by atomic mass is 32.2. The van der Waals surface area contributed by atoms with Crippen LogP contribution in [0.1, 0.15) is 25.0 Å². The number of thioether (sulfide) groups is 1. The molecule has 1 aromatic heterocycles. The largest absolute Gasteiger partial charge is 0.325 e. The van der Waals surface area contributed by atoms with Gasteiger partial charge in [-0.2, -0.15) is 0 Å². The molecular formula is C22H21F2N5O3S. The molecule has 1 heterocycles. The van der Waals surface area contributed by atoms with Crippen LogP contribution in [-0.2, 0) is 9.59 Å². The van der Waals surface area contributed by atoms with Crippen molar-refractivity contribution in [3.8, 4) is 11.3 Å². The molecule has 0 spiro atoms. The molecular weight excluding hydrogens is 452 g/mol. The number of carbonyl (C=O) groups is 2. The van der Waals surface area contributed by atoms with Gasteiger partial charge < -0.3 is 10.6 Å². The molecule has 0 unspecified atom stereocenters. The number of aromatic nitrogens is 3. The van der Waals surface area contributed by atoms with Crippen molar-refractivity contribution in [2.45, 2.75) is 38.1 Å². The number of nitrogens with zero attached hydrogens (tertiary/aromatic N) is 2. The summed E-state index contributed by atoms with van der Waals surface area (Å²) < 4.78 is 27.1. The summed E-state index contributed by atoms with van der Waals surface area (Å²) in [6.45, 7) is 6.53. The highest BCUT2D eigenvalue weighted by Gasteiger charge is 2.20. The van der Waals surface area contributed by atoms with E-state index in [-0.39, 0.29) is 22.4 Å². The molecule has 0 aliphatic rings. The minimum Gasteiger partial charge on any atom is -0.325 e. The molecule has 11 heteroatoms. The first kappa shape index (κ1) is 24.1. The van der Waals surface area contributed by atoms with Gasteiger partial charge in [-0.1, -0.05) is 23.4 Å². The summed E-state index contributed by atoms with van der Waals surface area (Å²) in [4.78, 5) is 39.3. The van der Waals surface area contributed by atoms with Crippen molar-refractivity contribution >= 4 is 35.0 Å². The van der Waals surface area contributed by atoms with E-state index in [1.165, 1.54) is 13.8 Å². The van der Waals surface area contributed by atoms with Crippen LogP contribution in [-0.4, -0.2) is 32.2 Å². The monoisotopic (exact) mass is 473 g/mol. The van der Waals surface area contributed by atoms with Gasteiger partial charge in [0.05, 0.1) is 16.6 Å². The molecule has 33 heavy (non-hydrogen) atoms. The molecule has 0 aliphatic carbocycles. The van der Waals surface area contributed by atoms with E-state index in [1.807, 2.05) is 13.0 Å². The van der Waals surface area contributed by atoms with Crippen LogP contribution >= 0.6 is 11.8 Å². The molecule has 3 N–H and O–H groups in total. The van der Waals surface area contributed by atoms with Crippen LogP contribution in [0.15, 0.2) is 40.3 Å². The van der Waals surface area contributed by atoms with Crippen molar-refractivity contribution in [1.82, 2.24) is 15.2 Å². The van der Waals surface area contributed by atoms with Gasteiger partial charge in [0.2, 0.25) is 11.8 Å². The lowest BCUT2D eigenvalue weighted by atomic mass is 10.0. The number of amides is 2. The van der Waals surface area contributed by atoms with Crippen LogP contribution in [0.2, 0.25) is 0 Å². The average molecular weight is 474 g/mol. The number of aromatic amines is 1. The Kier molecular flexibility index (Phi) is 7.22. The van der Waals surface area contributed by atoms with Crippen molar-refractivity contribution in [3.05, 3.63) is 63.4 Å². The fourth-order valence-electron chi connectivity index (χ4n) is 3.10. The zero-order valence-electron chi connectivity index (χ0n) is 18.2. The maximum absolute atomic E-state index is 13.8. The predicted octanol–water partition coefficient (Wildman–Crippen LogP) is 3.80. The molecule has 0 radical (unpaired) electrons. The van der Waals surface area contributed by atoms with Gasteiger partial charge in [0, 0.05) is 18.6 Å². The van der Waals surface area contributed by atoms with Gasteiger partial charge in [-0.3, -0.25) is 19.4 Å². The van der Waals surface area contributed by atoms with E-state index in [0.717, 1.165) is 41.1 Å². The maximum Gasteiger partial charge on any atom is 0.278 e. The standard InChI is InChI=1S/C22H21F2N5O3S/c1-10-7-11(2)18(25-13(4)30)15(8-10)19-21(32)27-22(29-28-19)33-12(3)20(31)26-17-9-14(23)5-6-16(17)24/h5-9,12H,1-4H3,(H,25,30)(H,26,31)(H,27,29,32)/t12-/m0/s1. The predicted molar refractivity (Wildman–Crippen MR) is 122 cm³/mol. The third-order valence-electron chi connectivity index (χ3n) is 4.56. The van der Waals surface area contributed by atoms with Gasteiger partial charge in [0.1, 0.15) is 11.6 Å². The second-order valence-electron chi connectivity index (χ2n) is 7.37. The molecule has 0 fully saturated rings. The van der Waals surface area contributed by atoms with Crippen molar-refractivity contribution in [2.75, 3.05) is 10.6 Å². The minimum absolute atomic E-state index is 0.00818. The zero-order chi connectivity index (χ0) is 24.3. The van der Waals surface area contributed by atoms with Crippen LogP contribution in [0.3, 0.4) is 0 Å². The third kappa shape index (κ3) is 5.80. The maximum atomic E-state index is 13.8. The summed E-state index contributed by atoms with van der Waals surface area (Å²) in [7, 11) is 0. The van der Waals surface area contributed by atoms with Crippen molar-refractivity contribution in [1.29, 1.82) is 0 Å². The van der Waals surface area contributed by atoms with Gasteiger partial charge in [-0.15, -0.1) is 10.2 Å². The van der Waals surface area contributed by atoms with Gasteiger partial charge in [0.25, 0.3) is 5.56 Å². The quantitative estimate of drug-likeness (QED) is 0.469. The number of nitrogens with one attached hydrogen (secondary N) is 3. The Morgan fingerprint density at radius 3 is 2.48 bits per heavy atom. The summed E-state index contributed by atoms with van der Waals surface area (Å²) in [5.41, 5.74) is 1.66. The molecule has 0 bridgehead atoms. The Labute approximate surface area is 192 Å². The summed E-state index contributed by atoms with van der Waals surface area (Å²) in [6, 6.07) is 6.30. The van der Waals surface area contributed by atoms with E-state index in [1.54, 1.807) is 13.0 Å². The van der Waals surface area contributed by atoms with Crippen molar-refractivity contribution in [3.63, 3.8) is 0 Å². The van der Waals surface area contributed by atoms with E-state index < -0.39 is 28.4 Å². The molecule has 0 aliphatic heterocycles. The van der Waals surface area contributed by atoms with Gasteiger partial charge in [-0.25, -0.2) is 8.78 Å². The Balaban J connectivity index is 1.83. The lowest BCUT2D eigenvalue weighted by Gasteiger charge is -2.14. The Bertz CT molecular complexity index is 1300. The number of H-pyrrole nitrogens is 1. The number of rotatable bonds is 6. The lowest BCUT2D eigenvalue weighted by Crippen LogP contribution is -2.24. The van der Waals surface area contributed by atoms with Crippen LogP contribution in [0.5, 0.6) is 0 Å². The molecule has 172 valence electrons. The summed E-state index contributed by atoms with van der Waals surface area (Å²) in [6.07, 6.45) is 0. The Morgan fingerprint density at radius 1 is 1.09 bits per heavy atom. The molecule has 0 saturated carbocycles. The van der Waals surface area contributed by atoms with E-state index in [9.17, 15) is 23.2 Å². The van der Waals surface area contributed by atoms with Crippen LogP contribution in [0.4, 0.5) is 20.2 Å². The highest BCUT2D eigenvalue weighted by molar-refractivity contribution is 8.00. The van der Waals surface area contributed by atoms with Crippen molar-refractivity contribution in [2.24, 2.45) is 0 Å². The van der Waals surface area contributed by atoms with Crippen LogP contribution < -0.4 is 16.2 Å². The number of halogens is 2. The SMILES string of the molecule is CC(=O)Nc1c(C)cc(C)cc1-c1nnc(S[C@@H](C)C(=O)Nc2cc(F)ccc2F)[nH]c1=O. The van der Waals surface area contributed by atoms with Crippen molar-refractivity contribution < 1.29 is 18.4 Å². The zero-order valence-corrected chi connectivity index (χ0v) is 19.1. The normalized spacial score (nSPS) is 11.7. The smallest absolute Gasteiger partial charge is 0.278 e. The van der Waals surface area contributed by atoms with E-state index in [0.29, 0.717) is 11.3 Å². The Morgan fingerprint density at radius 2 is 1.82 bits per heavy atom.